The van der Waals surface area contributed by atoms with Gasteiger partial charge in [0.1, 0.15) is 0 Å². The molecule has 5 rings (SSSR count). The van der Waals surface area contributed by atoms with E-state index >= 15 is 0 Å². The van der Waals surface area contributed by atoms with E-state index in [2.05, 4.69) is 22.4 Å². The second-order valence-electron chi connectivity index (χ2n) is 7.16. The first-order valence-corrected chi connectivity index (χ1v) is 9.48. The number of nitrogens with zero attached hydrogens (tertiary/aromatic N) is 2. The number of carboxylic acids is 1. The third-order valence-corrected chi connectivity index (χ3v) is 5.32. The number of hydrogen-bond acceptors (Lipinski definition) is 3. The maximum absolute atomic E-state index is 13.1. The van der Waals surface area contributed by atoms with Crippen molar-refractivity contribution < 1.29 is 14.7 Å². The van der Waals surface area contributed by atoms with Gasteiger partial charge in [-0.15, -0.1) is 0 Å². The van der Waals surface area contributed by atoms with Crippen LogP contribution in [0, 0.1) is 0 Å². The maximum Gasteiger partial charge on any atom is 0.335 e. The molecule has 1 aliphatic carbocycles. The Labute approximate surface area is 172 Å². The van der Waals surface area contributed by atoms with Crippen molar-refractivity contribution in [1.29, 1.82) is 0 Å². The Morgan fingerprint density at radius 1 is 1.00 bits per heavy atom. The topological polar surface area (TPSA) is 84.2 Å². The SMILES string of the molecule is O=C(O)c1cc(NC(=O)c2cccc3c2Cc2ccccc2-3)cc(-n2ccnc2)c1. The highest BCUT2D eigenvalue weighted by atomic mass is 16.4. The lowest BCUT2D eigenvalue weighted by molar-refractivity contribution is 0.0696. The Morgan fingerprint density at radius 2 is 1.83 bits per heavy atom. The first-order chi connectivity index (χ1) is 14.6. The Balaban J connectivity index is 1.51. The summed E-state index contributed by atoms with van der Waals surface area (Å²) >= 11 is 0. The van der Waals surface area contributed by atoms with Gasteiger partial charge in [-0.1, -0.05) is 36.4 Å². The molecular weight excluding hydrogens is 378 g/mol. The summed E-state index contributed by atoms with van der Waals surface area (Å²) in [7, 11) is 0. The number of nitrogens with one attached hydrogen (secondary N) is 1. The van der Waals surface area contributed by atoms with E-state index in [1.807, 2.05) is 24.3 Å². The Morgan fingerprint density at radius 3 is 2.63 bits per heavy atom. The second kappa shape index (κ2) is 7.00. The summed E-state index contributed by atoms with van der Waals surface area (Å²) in [6.45, 7) is 0. The number of benzene rings is 3. The molecule has 0 atom stereocenters. The monoisotopic (exact) mass is 395 g/mol. The number of anilines is 1. The minimum Gasteiger partial charge on any atom is -0.478 e. The predicted molar refractivity (Wildman–Crippen MR) is 113 cm³/mol. The van der Waals surface area contributed by atoms with Crippen molar-refractivity contribution >= 4 is 17.6 Å². The highest BCUT2D eigenvalue weighted by Crippen LogP contribution is 2.38. The van der Waals surface area contributed by atoms with Crippen molar-refractivity contribution in [1.82, 2.24) is 9.55 Å². The van der Waals surface area contributed by atoms with E-state index < -0.39 is 5.97 Å². The number of carboxylic acid groups (broad SMARTS) is 1. The number of aromatic carboxylic acids is 1. The highest BCUT2D eigenvalue weighted by Gasteiger charge is 2.23. The average molecular weight is 395 g/mol. The largest absolute Gasteiger partial charge is 0.478 e. The van der Waals surface area contributed by atoms with Crippen molar-refractivity contribution in [2.75, 3.05) is 5.32 Å². The van der Waals surface area contributed by atoms with Crippen LogP contribution in [0.4, 0.5) is 5.69 Å². The van der Waals surface area contributed by atoms with Crippen LogP contribution in [0.15, 0.2) is 79.4 Å². The molecule has 0 unspecified atom stereocenters. The summed E-state index contributed by atoms with van der Waals surface area (Å²) in [4.78, 5) is 28.7. The summed E-state index contributed by atoms with van der Waals surface area (Å²) < 4.78 is 1.69. The van der Waals surface area contributed by atoms with Crippen molar-refractivity contribution in [2.24, 2.45) is 0 Å². The number of carbonyl (C=O) groups excluding carboxylic acids is 1. The first-order valence-electron chi connectivity index (χ1n) is 9.48. The highest BCUT2D eigenvalue weighted by molar-refractivity contribution is 6.07. The van der Waals surface area contributed by atoms with E-state index in [1.54, 1.807) is 35.4 Å². The first kappa shape index (κ1) is 17.9. The quantitative estimate of drug-likeness (QED) is 0.473. The van der Waals surface area contributed by atoms with Gasteiger partial charge < -0.3 is 15.0 Å². The van der Waals surface area contributed by atoms with Gasteiger partial charge in [0.15, 0.2) is 0 Å². The van der Waals surface area contributed by atoms with E-state index in [0.29, 0.717) is 23.4 Å². The Bertz CT molecular complexity index is 1290. The van der Waals surface area contributed by atoms with Crippen LogP contribution in [0.1, 0.15) is 31.8 Å². The van der Waals surface area contributed by atoms with Gasteiger partial charge >= 0.3 is 5.97 Å². The van der Waals surface area contributed by atoms with Crippen LogP contribution in [-0.4, -0.2) is 26.5 Å². The van der Waals surface area contributed by atoms with E-state index in [0.717, 1.165) is 16.7 Å². The zero-order valence-electron chi connectivity index (χ0n) is 15.9. The predicted octanol–water partition coefficient (Wildman–Crippen LogP) is 4.39. The van der Waals surface area contributed by atoms with Crippen molar-refractivity contribution in [3.63, 3.8) is 0 Å². The van der Waals surface area contributed by atoms with E-state index in [-0.39, 0.29) is 11.5 Å². The molecule has 1 heterocycles. The van der Waals surface area contributed by atoms with Gasteiger partial charge in [-0.05, 0) is 52.9 Å². The number of rotatable bonds is 4. The van der Waals surface area contributed by atoms with Crippen LogP contribution < -0.4 is 5.32 Å². The molecule has 146 valence electrons. The molecule has 0 saturated heterocycles. The van der Waals surface area contributed by atoms with Crippen LogP contribution in [0.2, 0.25) is 0 Å². The van der Waals surface area contributed by atoms with E-state index in [1.165, 1.54) is 17.7 Å². The average Bonchev–Trinajstić information content (AvgIpc) is 3.41. The van der Waals surface area contributed by atoms with Crippen molar-refractivity contribution in [3.8, 4) is 16.8 Å². The molecule has 2 N–H and O–H groups in total. The molecular formula is C24H17N3O3. The number of imidazole rings is 1. The van der Waals surface area contributed by atoms with Gasteiger partial charge in [-0.25, -0.2) is 9.78 Å². The van der Waals surface area contributed by atoms with Gasteiger partial charge in [-0.2, -0.15) is 0 Å². The third kappa shape index (κ3) is 3.04. The minimum atomic E-state index is -1.07. The molecule has 4 aromatic rings. The molecule has 1 amide bonds. The Hall–Kier alpha value is -4.19. The lowest BCUT2D eigenvalue weighted by Crippen LogP contribution is -2.15. The van der Waals surface area contributed by atoms with Gasteiger partial charge in [0.05, 0.1) is 11.9 Å². The van der Waals surface area contributed by atoms with E-state index in [9.17, 15) is 14.7 Å². The van der Waals surface area contributed by atoms with Gasteiger partial charge in [0, 0.05) is 29.3 Å². The van der Waals surface area contributed by atoms with Crippen LogP contribution in [-0.2, 0) is 6.42 Å². The smallest absolute Gasteiger partial charge is 0.335 e. The lowest BCUT2D eigenvalue weighted by atomic mass is 10.0. The molecule has 0 fully saturated rings. The molecule has 0 spiro atoms. The van der Waals surface area contributed by atoms with Gasteiger partial charge in [0.25, 0.3) is 5.91 Å². The fraction of sp³-hybridized carbons (Fsp3) is 0.0417. The van der Waals surface area contributed by atoms with Gasteiger partial charge in [0.2, 0.25) is 0 Å². The number of fused-ring (bicyclic) bond motifs is 3. The number of hydrogen-bond donors (Lipinski definition) is 2. The molecule has 30 heavy (non-hydrogen) atoms. The fourth-order valence-electron chi connectivity index (χ4n) is 3.94. The molecule has 1 aromatic heterocycles. The molecule has 3 aromatic carbocycles. The van der Waals surface area contributed by atoms with Crippen LogP contribution in [0.3, 0.4) is 0 Å². The number of aromatic nitrogens is 2. The molecule has 6 nitrogen and oxygen atoms in total. The molecule has 0 radical (unpaired) electrons. The summed E-state index contributed by atoms with van der Waals surface area (Å²) in [5.74, 6) is -1.33. The van der Waals surface area contributed by atoms with Crippen LogP contribution in [0.5, 0.6) is 0 Å². The third-order valence-electron chi connectivity index (χ3n) is 5.32. The zero-order valence-corrected chi connectivity index (χ0v) is 15.9. The number of amides is 1. The Kier molecular flexibility index (Phi) is 4.17. The molecule has 0 bridgehead atoms. The standard InChI is InChI=1S/C24H17N3O3/c28-23(21-7-3-6-20-19-5-2-1-4-15(19)12-22(20)21)26-17-10-16(24(29)30)11-18(13-17)27-9-8-25-14-27/h1-11,13-14H,12H2,(H,26,28)(H,29,30). The fourth-order valence-corrected chi connectivity index (χ4v) is 3.94. The van der Waals surface area contributed by atoms with Crippen molar-refractivity contribution in [3.05, 3.63) is 102 Å². The molecule has 6 heteroatoms. The summed E-state index contributed by atoms with van der Waals surface area (Å²) in [6.07, 6.45) is 5.60. The maximum atomic E-state index is 13.1. The summed E-state index contributed by atoms with van der Waals surface area (Å²) in [6, 6.07) is 18.6. The normalized spacial score (nSPS) is 11.6. The van der Waals surface area contributed by atoms with E-state index in [4.69, 9.17) is 0 Å². The molecule has 1 aliphatic rings. The molecule has 0 saturated carbocycles. The minimum absolute atomic E-state index is 0.0854. The van der Waals surface area contributed by atoms with Gasteiger partial charge in [-0.3, -0.25) is 4.79 Å². The zero-order chi connectivity index (χ0) is 20.7. The van der Waals surface area contributed by atoms with Crippen molar-refractivity contribution in [2.45, 2.75) is 6.42 Å². The molecule has 0 aliphatic heterocycles. The lowest BCUT2D eigenvalue weighted by Gasteiger charge is -2.12. The summed E-state index contributed by atoms with van der Waals surface area (Å²) in [5, 5.41) is 12.3. The second-order valence-corrected chi connectivity index (χ2v) is 7.16. The van der Waals surface area contributed by atoms with Crippen LogP contribution in [0.25, 0.3) is 16.8 Å². The van der Waals surface area contributed by atoms with Crippen LogP contribution >= 0.6 is 0 Å². The number of carbonyl (C=O) groups is 2. The summed E-state index contributed by atoms with van der Waals surface area (Å²) in [5.41, 5.74) is 6.10.